The van der Waals surface area contributed by atoms with Crippen molar-refractivity contribution in [1.29, 1.82) is 0 Å². The highest BCUT2D eigenvalue weighted by Gasteiger charge is 2.15. The van der Waals surface area contributed by atoms with Gasteiger partial charge in [0.1, 0.15) is 12.4 Å². The summed E-state index contributed by atoms with van der Waals surface area (Å²) in [5.41, 5.74) is 6.59. The molecule has 0 atom stereocenters. The number of hydrogen-bond donors (Lipinski definition) is 1. The number of benzene rings is 3. The predicted molar refractivity (Wildman–Crippen MR) is 116 cm³/mol. The fourth-order valence-electron chi connectivity index (χ4n) is 3.47. The van der Waals surface area contributed by atoms with Crippen LogP contribution in [0.4, 0.5) is 0 Å². The zero-order valence-corrected chi connectivity index (χ0v) is 15.9. The lowest BCUT2D eigenvalue weighted by Crippen LogP contribution is -2.06. The molecule has 0 aliphatic carbocycles. The molecule has 1 aliphatic rings. The van der Waals surface area contributed by atoms with Gasteiger partial charge in [-0.15, -0.1) is 0 Å². The lowest BCUT2D eigenvalue weighted by molar-refractivity contribution is 0.306. The number of fused-ring (bicyclic) bond motifs is 1. The molecule has 1 N–H and O–H groups in total. The van der Waals surface area contributed by atoms with E-state index < -0.39 is 0 Å². The van der Waals surface area contributed by atoms with Gasteiger partial charge in [0.05, 0.1) is 23.1 Å². The largest absolute Gasteiger partial charge is 0.489 e. The van der Waals surface area contributed by atoms with Gasteiger partial charge in [0.25, 0.3) is 0 Å². The molecule has 5 nitrogen and oxygen atoms in total. The SMILES string of the molecule is c1ccc(COc2ccc(C3=NN=C(Cc4ccc5[nH]ncc5c4)C3)cc2)cc1. The zero-order valence-electron chi connectivity index (χ0n) is 15.9. The average molecular weight is 380 g/mol. The minimum absolute atomic E-state index is 0.565. The first-order chi connectivity index (χ1) is 14.3. The molecule has 29 heavy (non-hydrogen) atoms. The topological polar surface area (TPSA) is 62.6 Å². The molecular weight excluding hydrogens is 360 g/mol. The van der Waals surface area contributed by atoms with Crippen LogP contribution < -0.4 is 4.74 Å². The van der Waals surface area contributed by atoms with E-state index in [2.05, 4.69) is 62.9 Å². The van der Waals surface area contributed by atoms with Gasteiger partial charge in [-0.2, -0.15) is 15.3 Å². The number of ether oxygens (including phenoxy) is 1. The molecule has 142 valence electrons. The molecule has 4 aromatic rings. The van der Waals surface area contributed by atoms with E-state index >= 15 is 0 Å². The van der Waals surface area contributed by atoms with Gasteiger partial charge in [-0.25, -0.2) is 0 Å². The van der Waals surface area contributed by atoms with E-state index in [1.54, 1.807) is 0 Å². The van der Waals surface area contributed by atoms with Crippen molar-refractivity contribution in [3.63, 3.8) is 0 Å². The molecule has 0 saturated carbocycles. The average Bonchev–Trinajstić information content (AvgIpc) is 3.43. The van der Waals surface area contributed by atoms with Crippen molar-refractivity contribution >= 4 is 22.3 Å². The highest BCUT2D eigenvalue weighted by atomic mass is 16.5. The minimum atomic E-state index is 0.565. The van der Waals surface area contributed by atoms with Crippen LogP contribution in [0.2, 0.25) is 0 Å². The Bertz CT molecular complexity index is 1190. The number of H-pyrrole nitrogens is 1. The molecule has 5 rings (SSSR count). The summed E-state index contributed by atoms with van der Waals surface area (Å²) in [5, 5.41) is 17.0. The number of nitrogens with one attached hydrogen (secondary N) is 1. The summed E-state index contributed by atoms with van der Waals surface area (Å²) < 4.78 is 5.86. The Balaban J connectivity index is 1.19. The van der Waals surface area contributed by atoms with Crippen molar-refractivity contribution in [3.8, 4) is 5.75 Å². The van der Waals surface area contributed by atoms with Gasteiger partial charge in [-0.05, 0) is 53.1 Å². The van der Waals surface area contributed by atoms with Crippen molar-refractivity contribution in [2.24, 2.45) is 10.2 Å². The first-order valence-electron chi connectivity index (χ1n) is 9.65. The second-order valence-corrected chi connectivity index (χ2v) is 7.16. The summed E-state index contributed by atoms with van der Waals surface area (Å²) in [7, 11) is 0. The van der Waals surface area contributed by atoms with Crippen LogP contribution in [0.3, 0.4) is 0 Å². The van der Waals surface area contributed by atoms with Gasteiger partial charge in [-0.3, -0.25) is 5.10 Å². The summed E-state index contributed by atoms with van der Waals surface area (Å²) in [5.74, 6) is 0.853. The second kappa shape index (κ2) is 7.72. The van der Waals surface area contributed by atoms with E-state index in [-0.39, 0.29) is 0 Å². The van der Waals surface area contributed by atoms with Crippen LogP contribution in [0.1, 0.15) is 23.1 Å². The predicted octanol–water partition coefficient (Wildman–Crippen LogP) is 4.93. The van der Waals surface area contributed by atoms with Crippen LogP contribution >= 0.6 is 0 Å². The molecule has 0 bridgehead atoms. The Hall–Kier alpha value is -3.73. The van der Waals surface area contributed by atoms with Gasteiger partial charge < -0.3 is 4.74 Å². The van der Waals surface area contributed by atoms with E-state index in [4.69, 9.17) is 4.74 Å². The smallest absolute Gasteiger partial charge is 0.119 e. The van der Waals surface area contributed by atoms with Crippen molar-refractivity contribution in [3.05, 3.63) is 95.7 Å². The van der Waals surface area contributed by atoms with Gasteiger partial charge >= 0.3 is 0 Å². The summed E-state index contributed by atoms with van der Waals surface area (Å²) >= 11 is 0. The van der Waals surface area contributed by atoms with E-state index in [1.165, 1.54) is 5.56 Å². The molecular formula is C24H20N4O. The fourth-order valence-corrected chi connectivity index (χ4v) is 3.47. The summed E-state index contributed by atoms with van der Waals surface area (Å²) in [4.78, 5) is 0. The summed E-state index contributed by atoms with van der Waals surface area (Å²) in [6.45, 7) is 0.565. The first kappa shape index (κ1) is 17.4. The van der Waals surface area contributed by atoms with E-state index in [1.807, 2.05) is 36.5 Å². The zero-order chi connectivity index (χ0) is 19.5. The third-order valence-electron chi connectivity index (χ3n) is 5.03. The summed E-state index contributed by atoms with van der Waals surface area (Å²) in [6, 6.07) is 24.6. The van der Waals surface area contributed by atoms with Crippen molar-refractivity contribution < 1.29 is 4.74 Å². The maximum atomic E-state index is 5.86. The quantitative estimate of drug-likeness (QED) is 0.515. The maximum absolute atomic E-state index is 5.86. The van der Waals surface area contributed by atoms with Crippen LogP contribution in [0.5, 0.6) is 5.75 Å². The number of rotatable bonds is 6. The van der Waals surface area contributed by atoms with Gasteiger partial charge in [0.15, 0.2) is 0 Å². The monoisotopic (exact) mass is 380 g/mol. The third-order valence-corrected chi connectivity index (χ3v) is 5.03. The number of aromatic nitrogens is 2. The lowest BCUT2D eigenvalue weighted by atomic mass is 10.0. The standard InChI is InChI=1S/C24H20N4O/c1-2-4-17(5-3-1)16-29-22-9-7-19(8-10-22)24-14-21(26-28-24)13-18-6-11-23-20(12-18)15-25-27-23/h1-12,15H,13-14,16H2,(H,25,27). The molecule has 0 saturated heterocycles. The van der Waals surface area contributed by atoms with Crippen LogP contribution in [0.15, 0.2) is 89.2 Å². The molecule has 0 fully saturated rings. The molecule has 2 heterocycles. The van der Waals surface area contributed by atoms with Gasteiger partial charge in [0, 0.05) is 18.2 Å². The highest BCUT2D eigenvalue weighted by molar-refractivity contribution is 6.15. The molecule has 0 unspecified atom stereocenters. The van der Waals surface area contributed by atoms with Gasteiger partial charge in [-0.1, -0.05) is 36.4 Å². The van der Waals surface area contributed by atoms with Crippen molar-refractivity contribution in [2.75, 3.05) is 0 Å². The van der Waals surface area contributed by atoms with Crippen LogP contribution in [-0.4, -0.2) is 21.6 Å². The lowest BCUT2D eigenvalue weighted by Gasteiger charge is -2.07. The molecule has 0 amide bonds. The van der Waals surface area contributed by atoms with Crippen LogP contribution in [-0.2, 0) is 13.0 Å². The number of aromatic amines is 1. The Morgan fingerprint density at radius 3 is 2.59 bits per heavy atom. The molecule has 3 aromatic carbocycles. The normalized spacial score (nSPS) is 13.4. The molecule has 5 heteroatoms. The highest BCUT2D eigenvalue weighted by Crippen LogP contribution is 2.20. The number of hydrogen-bond acceptors (Lipinski definition) is 4. The van der Waals surface area contributed by atoms with Gasteiger partial charge in [0.2, 0.25) is 0 Å². The molecule has 0 spiro atoms. The van der Waals surface area contributed by atoms with E-state index in [0.717, 1.165) is 52.0 Å². The van der Waals surface area contributed by atoms with Crippen molar-refractivity contribution in [2.45, 2.75) is 19.4 Å². The first-order valence-corrected chi connectivity index (χ1v) is 9.65. The Morgan fingerprint density at radius 1 is 0.862 bits per heavy atom. The summed E-state index contributed by atoms with van der Waals surface area (Å²) in [6.07, 6.45) is 3.42. The van der Waals surface area contributed by atoms with E-state index in [9.17, 15) is 0 Å². The fraction of sp³-hybridized carbons (Fsp3) is 0.125. The Labute approximate surface area is 168 Å². The van der Waals surface area contributed by atoms with Crippen LogP contribution in [0.25, 0.3) is 10.9 Å². The third kappa shape index (κ3) is 3.94. The Kier molecular flexibility index (Phi) is 4.62. The maximum Gasteiger partial charge on any atom is 0.119 e. The van der Waals surface area contributed by atoms with E-state index in [0.29, 0.717) is 6.61 Å². The second-order valence-electron chi connectivity index (χ2n) is 7.16. The molecule has 1 aliphatic heterocycles. The molecule has 0 radical (unpaired) electrons. The number of nitrogens with zero attached hydrogens (tertiary/aromatic N) is 3. The van der Waals surface area contributed by atoms with Crippen molar-refractivity contribution in [1.82, 2.24) is 10.2 Å². The minimum Gasteiger partial charge on any atom is -0.489 e. The van der Waals surface area contributed by atoms with Crippen LogP contribution in [0, 0.1) is 0 Å². The Morgan fingerprint density at radius 2 is 1.72 bits per heavy atom. The molecule has 1 aromatic heterocycles.